The SMILES string of the molecule is CCC/C=C(\CC)CCN/C=C(/C)CC. The molecule has 0 aliphatic heterocycles. The lowest BCUT2D eigenvalue weighted by atomic mass is 10.1. The van der Waals surface area contributed by atoms with Crippen molar-refractivity contribution in [3.8, 4) is 0 Å². The van der Waals surface area contributed by atoms with E-state index >= 15 is 0 Å². The van der Waals surface area contributed by atoms with E-state index in [9.17, 15) is 0 Å². The number of hydrogen-bond donors (Lipinski definition) is 1. The number of unbranched alkanes of at least 4 members (excludes halogenated alkanes) is 1. The van der Waals surface area contributed by atoms with Gasteiger partial charge in [-0.05, 0) is 38.8 Å². The zero-order valence-electron chi connectivity index (χ0n) is 10.9. The molecular weight excluding hydrogens is 182 g/mol. The third kappa shape index (κ3) is 8.29. The average Bonchev–Trinajstić information content (AvgIpc) is 2.27. The van der Waals surface area contributed by atoms with E-state index in [1.807, 2.05) is 0 Å². The maximum atomic E-state index is 3.37. The molecule has 0 atom stereocenters. The first-order valence-corrected chi connectivity index (χ1v) is 6.31. The van der Waals surface area contributed by atoms with Gasteiger partial charge in [-0.3, -0.25) is 0 Å². The standard InChI is InChI=1S/C14H27N/c1-5-8-9-14(7-3)10-11-15-12-13(4)6-2/h9,12,15H,5-8,10-11H2,1-4H3/b13-12-,14-9+. The quantitative estimate of drug-likeness (QED) is 0.461. The van der Waals surface area contributed by atoms with Gasteiger partial charge in [-0.2, -0.15) is 0 Å². The van der Waals surface area contributed by atoms with Gasteiger partial charge in [-0.15, -0.1) is 0 Å². The van der Waals surface area contributed by atoms with Crippen LogP contribution < -0.4 is 5.32 Å². The lowest BCUT2D eigenvalue weighted by molar-refractivity contribution is 0.782. The predicted molar refractivity (Wildman–Crippen MR) is 69.9 cm³/mol. The van der Waals surface area contributed by atoms with Gasteiger partial charge in [0.1, 0.15) is 0 Å². The van der Waals surface area contributed by atoms with Crippen molar-refractivity contribution in [2.24, 2.45) is 0 Å². The Morgan fingerprint density at radius 3 is 2.40 bits per heavy atom. The molecule has 0 amide bonds. The zero-order chi connectivity index (χ0) is 11.5. The van der Waals surface area contributed by atoms with E-state index in [4.69, 9.17) is 0 Å². The summed E-state index contributed by atoms with van der Waals surface area (Å²) in [6.07, 6.45) is 10.5. The Balaban J connectivity index is 3.72. The van der Waals surface area contributed by atoms with Crippen molar-refractivity contribution in [3.63, 3.8) is 0 Å². The van der Waals surface area contributed by atoms with Crippen LogP contribution >= 0.6 is 0 Å². The molecule has 0 saturated carbocycles. The number of hydrogen-bond acceptors (Lipinski definition) is 1. The Bertz CT molecular complexity index is 201. The number of nitrogens with one attached hydrogen (secondary N) is 1. The molecule has 0 aromatic rings. The molecule has 0 saturated heterocycles. The van der Waals surface area contributed by atoms with E-state index in [-0.39, 0.29) is 0 Å². The molecule has 0 rings (SSSR count). The number of rotatable bonds is 8. The minimum atomic E-state index is 1.07. The molecular formula is C14H27N. The molecule has 0 aromatic carbocycles. The lowest BCUT2D eigenvalue weighted by Crippen LogP contribution is -2.08. The minimum Gasteiger partial charge on any atom is -0.391 e. The maximum Gasteiger partial charge on any atom is 0.0178 e. The van der Waals surface area contributed by atoms with Gasteiger partial charge in [0, 0.05) is 6.54 Å². The van der Waals surface area contributed by atoms with Crippen LogP contribution in [-0.4, -0.2) is 6.54 Å². The second-order valence-corrected chi connectivity index (χ2v) is 4.05. The van der Waals surface area contributed by atoms with Crippen LogP contribution in [0.1, 0.15) is 59.8 Å². The normalized spacial score (nSPS) is 13.1. The molecule has 0 radical (unpaired) electrons. The summed E-state index contributed by atoms with van der Waals surface area (Å²) < 4.78 is 0. The summed E-state index contributed by atoms with van der Waals surface area (Å²) in [5, 5.41) is 3.37. The van der Waals surface area contributed by atoms with Gasteiger partial charge in [0.2, 0.25) is 0 Å². The Morgan fingerprint density at radius 1 is 1.13 bits per heavy atom. The highest BCUT2D eigenvalue weighted by molar-refractivity contribution is 5.02. The zero-order valence-corrected chi connectivity index (χ0v) is 10.9. The second-order valence-electron chi connectivity index (χ2n) is 4.05. The summed E-state index contributed by atoms with van der Waals surface area (Å²) >= 11 is 0. The van der Waals surface area contributed by atoms with Crippen LogP contribution in [0.5, 0.6) is 0 Å². The summed E-state index contributed by atoms with van der Waals surface area (Å²) in [4.78, 5) is 0. The molecule has 0 bridgehead atoms. The number of allylic oxidation sites excluding steroid dienone is 2. The molecule has 15 heavy (non-hydrogen) atoms. The molecule has 88 valence electrons. The fourth-order valence-electron chi connectivity index (χ4n) is 1.35. The molecule has 1 nitrogen and oxygen atoms in total. The lowest BCUT2D eigenvalue weighted by Gasteiger charge is -2.05. The summed E-state index contributed by atoms with van der Waals surface area (Å²) in [5.41, 5.74) is 3.01. The van der Waals surface area contributed by atoms with Crippen molar-refractivity contribution >= 4 is 0 Å². The molecule has 1 heteroatoms. The van der Waals surface area contributed by atoms with Crippen LogP contribution in [0.3, 0.4) is 0 Å². The van der Waals surface area contributed by atoms with E-state index in [0.29, 0.717) is 0 Å². The summed E-state index contributed by atoms with van der Waals surface area (Å²) in [6, 6.07) is 0. The van der Waals surface area contributed by atoms with Crippen molar-refractivity contribution in [1.82, 2.24) is 5.32 Å². The molecule has 0 aliphatic rings. The molecule has 0 spiro atoms. The largest absolute Gasteiger partial charge is 0.391 e. The second kappa shape index (κ2) is 9.82. The van der Waals surface area contributed by atoms with Gasteiger partial charge in [-0.25, -0.2) is 0 Å². The Hall–Kier alpha value is -0.720. The first-order chi connectivity index (χ1) is 7.24. The fraction of sp³-hybridized carbons (Fsp3) is 0.714. The van der Waals surface area contributed by atoms with Gasteiger partial charge >= 0.3 is 0 Å². The van der Waals surface area contributed by atoms with Crippen molar-refractivity contribution in [2.75, 3.05) is 6.54 Å². The van der Waals surface area contributed by atoms with Crippen LogP contribution in [0.15, 0.2) is 23.4 Å². The van der Waals surface area contributed by atoms with Crippen LogP contribution in [0.2, 0.25) is 0 Å². The monoisotopic (exact) mass is 209 g/mol. The Labute approximate surface area is 95.7 Å². The molecule has 0 heterocycles. The van der Waals surface area contributed by atoms with Crippen molar-refractivity contribution in [1.29, 1.82) is 0 Å². The van der Waals surface area contributed by atoms with E-state index in [1.54, 1.807) is 5.57 Å². The average molecular weight is 209 g/mol. The molecule has 0 unspecified atom stereocenters. The smallest absolute Gasteiger partial charge is 0.0178 e. The molecule has 0 fully saturated rings. The third-order valence-electron chi connectivity index (χ3n) is 2.67. The highest BCUT2D eigenvalue weighted by atomic mass is 14.8. The van der Waals surface area contributed by atoms with Gasteiger partial charge < -0.3 is 5.32 Å². The highest BCUT2D eigenvalue weighted by Crippen LogP contribution is 2.07. The highest BCUT2D eigenvalue weighted by Gasteiger charge is 1.93. The summed E-state index contributed by atoms with van der Waals surface area (Å²) in [6.45, 7) is 9.90. The van der Waals surface area contributed by atoms with Crippen molar-refractivity contribution < 1.29 is 0 Å². The van der Waals surface area contributed by atoms with E-state index in [1.165, 1.54) is 31.3 Å². The van der Waals surface area contributed by atoms with E-state index in [2.05, 4.69) is 45.3 Å². The first kappa shape index (κ1) is 14.3. The molecule has 1 N–H and O–H groups in total. The fourth-order valence-corrected chi connectivity index (χ4v) is 1.35. The van der Waals surface area contributed by atoms with Gasteiger partial charge in [-0.1, -0.05) is 44.4 Å². The molecule has 0 aromatic heterocycles. The van der Waals surface area contributed by atoms with E-state index < -0.39 is 0 Å². The van der Waals surface area contributed by atoms with Crippen LogP contribution in [0.25, 0.3) is 0 Å². The van der Waals surface area contributed by atoms with Gasteiger partial charge in [0.05, 0.1) is 0 Å². The van der Waals surface area contributed by atoms with E-state index in [0.717, 1.165) is 13.0 Å². The van der Waals surface area contributed by atoms with Crippen LogP contribution in [0, 0.1) is 0 Å². The van der Waals surface area contributed by atoms with Gasteiger partial charge in [0.15, 0.2) is 0 Å². The van der Waals surface area contributed by atoms with Crippen LogP contribution in [0.4, 0.5) is 0 Å². The van der Waals surface area contributed by atoms with Crippen molar-refractivity contribution in [2.45, 2.75) is 59.8 Å². The first-order valence-electron chi connectivity index (χ1n) is 6.31. The summed E-state index contributed by atoms with van der Waals surface area (Å²) in [5.74, 6) is 0. The Morgan fingerprint density at radius 2 is 1.87 bits per heavy atom. The third-order valence-corrected chi connectivity index (χ3v) is 2.67. The van der Waals surface area contributed by atoms with Crippen LogP contribution in [-0.2, 0) is 0 Å². The van der Waals surface area contributed by atoms with Crippen molar-refractivity contribution in [3.05, 3.63) is 23.4 Å². The maximum absolute atomic E-state index is 3.37. The van der Waals surface area contributed by atoms with Gasteiger partial charge in [0.25, 0.3) is 0 Å². The predicted octanol–water partition coefficient (Wildman–Crippen LogP) is 4.42. The minimum absolute atomic E-state index is 1.07. The Kier molecular flexibility index (Phi) is 9.35. The summed E-state index contributed by atoms with van der Waals surface area (Å²) in [7, 11) is 0. The molecule has 0 aliphatic carbocycles. The topological polar surface area (TPSA) is 12.0 Å².